The van der Waals surface area contributed by atoms with Gasteiger partial charge in [-0.25, -0.2) is 0 Å². The van der Waals surface area contributed by atoms with Gasteiger partial charge in [0.2, 0.25) is 5.91 Å². The number of hydrogen-bond donors (Lipinski definition) is 5. The molecule has 0 aromatic rings. The van der Waals surface area contributed by atoms with Crippen LogP contribution in [0.15, 0.2) is 0 Å². The smallest absolute Gasteiger partial charge is 0.217 e. The first-order valence-corrected chi connectivity index (χ1v) is 4.95. The molecule has 10 heteroatoms. The average Bonchev–Trinajstić information content (AvgIpc) is 2.30. The predicted octanol–water partition coefficient (Wildman–Crippen LogP) is -2.21. The van der Waals surface area contributed by atoms with Crippen LogP contribution in [0.25, 0.3) is 16.0 Å². The summed E-state index contributed by atoms with van der Waals surface area (Å²) in [5, 5.41) is 39.4. The number of rotatable bonds is 2. The van der Waals surface area contributed by atoms with Crippen molar-refractivity contribution in [3.63, 3.8) is 0 Å². The Morgan fingerprint density at radius 3 is 2.22 bits per heavy atom. The molecular formula is C8H15N4O6-. The molecule has 0 aliphatic carbocycles. The highest BCUT2D eigenvalue weighted by Gasteiger charge is 2.43. The summed E-state index contributed by atoms with van der Waals surface area (Å²) >= 11 is 0. The maximum absolute atomic E-state index is 10.7. The largest absolute Gasteiger partial charge is 0.394 e. The van der Waals surface area contributed by atoms with Gasteiger partial charge in [-0.3, -0.25) is 9.71 Å². The summed E-state index contributed by atoms with van der Waals surface area (Å²) in [6.07, 6.45) is -5.24. The van der Waals surface area contributed by atoms with E-state index in [1.165, 1.54) is 11.8 Å². The topological polar surface area (TPSA) is 178 Å². The summed E-state index contributed by atoms with van der Waals surface area (Å²) in [5.74, 6) is -0.462. The molecule has 1 rings (SSSR count). The van der Waals surface area contributed by atoms with Crippen LogP contribution >= 0.6 is 0 Å². The van der Waals surface area contributed by atoms with Crippen LogP contribution in [-0.4, -0.2) is 63.6 Å². The molecule has 0 aromatic carbocycles. The molecule has 0 bridgehead atoms. The quantitative estimate of drug-likeness (QED) is 0.214. The Labute approximate surface area is 102 Å². The molecule has 104 valence electrons. The summed E-state index contributed by atoms with van der Waals surface area (Å²) in [6.45, 7) is 0.687. The van der Waals surface area contributed by atoms with Crippen molar-refractivity contribution in [2.24, 2.45) is 0 Å². The molecule has 1 unspecified atom stereocenters. The minimum absolute atomic E-state index is 0.462. The van der Waals surface area contributed by atoms with Gasteiger partial charge in [0.25, 0.3) is 0 Å². The fourth-order valence-electron chi connectivity index (χ4n) is 1.49. The zero-order valence-electron chi connectivity index (χ0n) is 9.54. The van der Waals surface area contributed by atoms with Crippen LogP contribution in [0.3, 0.4) is 0 Å². The van der Waals surface area contributed by atoms with Gasteiger partial charge in [-0.1, -0.05) is 0 Å². The highest BCUT2D eigenvalue weighted by molar-refractivity contribution is 5.73. The van der Waals surface area contributed by atoms with E-state index >= 15 is 0 Å². The lowest BCUT2D eigenvalue weighted by atomic mass is 9.97. The normalized spacial score (nSPS) is 34.8. The van der Waals surface area contributed by atoms with E-state index in [1.54, 1.807) is 0 Å². The van der Waals surface area contributed by atoms with E-state index < -0.39 is 43.2 Å². The van der Waals surface area contributed by atoms with E-state index in [1.807, 2.05) is 0 Å². The van der Waals surface area contributed by atoms with Crippen molar-refractivity contribution in [2.45, 2.75) is 37.6 Å². The van der Waals surface area contributed by atoms with Crippen LogP contribution in [0, 0.1) is 0 Å². The zero-order valence-corrected chi connectivity index (χ0v) is 9.54. The maximum atomic E-state index is 10.7. The number of hydrogen-bond acceptors (Lipinski definition) is 6. The van der Waals surface area contributed by atoms with Crippen LogP contribution < -0.4 is 5.32 Å². The van der Waals surface area contributed by atoms with Crippen molar-refractivity contribution in [3.8, 4) is 0 Å². The van der Waals surface area contributed by atoms with Gasteiger partial charge >= 0.3 is 0 Å². The Morgan fingerprint density at radius 2 is 1.83 bits per heavy atom. The van der Waals surface area contributed by atoms with Crippen molar-refractivity contribution < 1.29 is 30.0 Å². The Morgan fingerprint density at radius 1 is 1.33 bits per heavy atom. The minimum atomic E-state index is -1.45. The average molecular weight is 263 g/mol. The van der Waals surface area contributed by atoms with Gasteiger partial charge in [0.05, 0.1) is 6.61 Å². The van der Waals surface area contributed by atoms with Crippen molar-refractivity contribution in [2.75, 3.05) is 6.61 Å². The fourth-order valence-corrected chi connectivity index (χ4v) is 1.49. The van der Waals surface area contributed by atoms with Crippen molar-refractivity contribution >= 4 is 5.91 Å². The molecule has 5 N–H and O–H groups in total. The van der Waals surface area contributed by atoms with Crippen LogP contribution in [-0.2, 0) is 9.53 Å². The van der Waals surface area contributed by atoms with Crippen molar-refractivity contribution in [1.29, 1.82) is 0 Å². The third kappa shape index (κ3) is 4.45. The fraction of sp³-hybridized carbons (Fsp3) is 0.875. The van der Waals surface area contributed by atoms with E-state index in [2.05, 4.69) is 5.32 Å². The first-order chi connectivity index (χ1) is 8.38. The van der Waals surface area contributed by atoms with Gasteiger partial charge < -0.3 is 41.5 Å². The molecule has 18 heavy (non-hydrogen) atoms. The van der Waals surface area contributed by atoms with Gasteiger partial charge in [-0.2, -0.15) is 0 Å². The highest BCUT2D eigenvalue weighted by Crippen LogP contribution is 2.19. The number of nitrogens with zero attached hydrogens (tertiary/aromatic N) is 3. The molecule has 1 amide bonds. The molecule has 0 spiro atoms. The summed E-state index contributed by atoms with van der Waals surface area (Å²) in [7, 11) is 0. The van der Waals surface area contributed by atoms with Crippen LogP contribution in [0.5, 0.6) is 0 Å². The third-order valence-electron chi connectivity index (χ3n) is 2.27. The molecule has 0 saturated carbocycles. The standard InChI is InChI=1S/C8H15NO6.N3/c1-3(11)9-5-7(13)6(12)4(2-10)15-8(5)14;1-3-2/h4-8,10,12-14H,2H2,1H3,(H,9,11);/q;-1/t4-,5+,6-,7-,8?;/m1./s1. The molecule has 0 radical (unpaired) electrons. The van der Waals surface area contributed by atoms with E-state index in [-0.39, 0.29) is 0 Å². The SMILES string of the molecule is CC(=O)N[C@@H]1C(O)O[C@H](CO)[C@@H](O)[C@@H]1O.[N-]=[N+]=[N-]. The second-order valence-electron chi connectivity index (χ2n) is 3.54. The molecule has 1 heterocycles. The zero-order chi connectivity index (χ0) is 14.3. The lowest BCUT2D eigenvalue weighted by Crippen LogP contribution is -2.63. The lowest BCUT2D eigenvalue weighted by molar-refractivity contribution is -0.253. The summed E-state index contributed by atoms with van der Waals surface area (Å²) in [4.78, 5) is 12.2. The molecule has 1 aliphatic rings. The first kappa shape index (κ1) is 16.6. The van der Waals surface area contributed by atoms with Crippen LogP contribution in [0.4, 0.5) is 0 Å². The number of ether oxygens (including phenoxy) is 1. The van der Waals surface area contributed by atoms with Gasteiger partial charge in [0.15, 0.2) is 6.29 Å². The number of aliphatic hydroxyl groups is 4. The third-order valence-corrected chi connectivity index (χ3v) is 2.27. The Bertz CT molecular complexity index is 308. The Balaban J connectivity index is 0.000000873. The second-order valence-corrected chi connectivity index (χ2v) is 3.54. The lowest BCUT2D eigenvalue weighted by Gasteiger charge is -2.40. The van der Waals surface area contributed by atoms with Crippen molar-refractivity contribution in [3.05, 3.63) is 16.0 Å². The van der Waals surface area contributed by atoms with Gasteiger partial charge in [0.1, 0.15) is 24.4 Å². The predicted molar refractivity (Wildman–Crippen MR) is 57.7 cm³/mol. The number of amides is 1. The minimum Gasteiger partial charge on any atom is -0.394 e. The summed E-state index contributed by atoms with van der Waals surface area (Å²) in [6, 6.07) is -1.10. The van der Waals surface area contributed by atoms with Gasteiger partial charge in [0, 0.05) is 6.92 Å². The van der Waals surface area contributed by atoms with Crippen LogP contribution in [0.2, 0.25) is 0 Å². The molecule has 5 atom stereocenters. The van der Waals surface area contributed by atoms with Gasteiger partial charge in [-0.15, -0.1) is 0 Å². The molecule has 0 aromatic heterocycles. The summed E-state index contributed by atoms with van der Waals surface area (Å²) in [5.41, 5.74) is 13.5. The number of nitrogens with one attached hydrogen (secondary N) is 1. The molecule has 10 nitrogen and oxygen atoms in total. The molecule has 1 aliphatic heterocycles. The van der Waals surface area contributed by atoms with Crippen molar-refractivity contribution in [1.82, 2.24) is 5.32 Å². The highest BCUT2D eigenvalue weighted by atomic mass is 16.6. The number of carbonyl (C=O) groups excluding carboxylic acids is 1. The monoisotopic (exact) mass is 263 g/mol. The maximum Gasteiger partial charge on any atom is 0.217 e. The molecular weight excluding hydrogens is 248 g/mol. The number of aliphatic hydroxyl groups excluding tert-OH is 4. The van der Waals surface area contributed by atoms with E-state index in [9.17, 15) is 20.1 Å². The van der Waals surface area contributed by atoms with Gasteiger partial charge in [-0.05, 0) is 0 Å². The number of carbonyl (C=O) groups is 1. The Kier molecular flexibility index (Phi) is 7.20. The van der Waals surface area contributed by atoms with E-state index in [0.717, 1.165) is 0 Å². The Hall–Kier alpha value is -1.42. The first-order valence-electron chi connectivity index (χ1n) is 4.95. The second kappa shape index (κ2) is 7.82. The van der Waals surface area contributed by atoms with E-state index in [4.69, 9.17) is 20.9 Å². The molecule has 1 fully saturated rings. The van der Waals surface area contributed by atoms with Crippen LogP contribution in [0.1, 0.15) is 6.92 Å². The molecule has 1 saturated heterocycles. The summed E-state index contributed by atoms with van der Waals surface area (Å²) < 4.78 is 4.81. The van der Waals surface area contributed by atoms with E-state index in [0.29, 0.717) is 0 Å².